The Morgan fingerprint density at radius 3 is 2.67 bits per heavy atom. The number of rotatable bonds is 6. The maximum Gasteiger partial charge on any atom is 0.342 e. The van der Waals surface area contributed by atoms with Crippen LogP contribution in [-0.4, -0.2) is 38.1 Å². The van der Waals surface area contributed by atoms with Gasteiger partial charge in [0.25, 0.3) is 5.91 Å². The van der Waals surface area contributed by atoms with Crippen molar-refractivity contribution in [1.29, 1.82) is 0 Å². The summed E-state index contributed by atoms with van der Waals surface area (Å²) in [6, 6.07) is 10.2. The molecule has 0 saturated heterocycles. The van der Waals surface area contributed by atoms with Crippen molar-refractivity contribution >= 4 is 29.3 Å². The molecule has 27 heavy (non-hydrogen) atoms. The van der Waals surface area contributed by atoms with E-state index in [4.69, 9.17) is 18.9 Å². The van der Waals surface area contributed by atoms with E-state index in [0.29, 0.717) is 22.9 Å². The number of esters is 1. The normalized spacial score (nSPS) is 13.0. The van der Waals surface area contributed by atoms with Gasteiger partial charge >= 0.3 is 5.97 Å². The molecule has 1 unspecified atom stereocenters. The largest absolute Gasteiger partial charge is 0.496 e. The lowest BCUT2D eigenvalue weighted by atomic mass is 10.2. The van der Waals surface area contributed by atoms with Crippen molar-refractivity contribution in [2.24, 2.45) is 0 Å². The second-order valence-corrected chi connectivity index (χ2v) is 6.55. The van der Waals surface area contributed by atoms with Gasteiger partial charge in [0.05, 0.1) is 7.11 Å². The smallest absolute Gasteiger partial charge is 0.342 e. The molecule has 0 saturated carbocycles. The Labute approximate surface area is 160 Å². The summed E-state index contributed by atoms with van der Waals surface area (Å²) in [5.74, 6) is 0.481. The average Bonchev–Trinajstić information content (AvgIpc) is 3.15. The standard InChI is InChI=1S/C19H19NO6S/c1-11(18(21)20-12-4-7-15-17(8-12)25-10-24-15)26-19(22)14-6-5-13(27-3)9-16(14)23-2/h4-9,11H,10H2,1-3H3,(H,20,21). The van der Waals surface area contributed by atoms with Gasteiger partial charge < -0.3 is 24.3 Å². The number of fused-ring (bicyclic) bond motifs is 1. The van der Waals surface area contributed by atoms with Gasteiger partial charge in [0.15, 0.2) is 17.6 Å². The molecular weight excluding hydrogens is 370 g/mol. The first-order valence-electron chi connectivity index (χ1n) is 8.15. The van der Waals surface area contributed by atoms with Gasteiger partial charge in [-0.2, -0.15) is 0 Å². The molecule has 0 aromatic heterocycles. The van der Waals surface area contributed by atoms with Gasteiger partial charge in [0.1, 0.15) is 11.3 Å². The van der Waals surface area contributed by atoms with Crippen LogP contribution in [0.2, 0.25) is 0 Å². The van der Waals surface area contributed by atoms with Crippen molar-refractivity contribution in [3.63, 3.8) is 0 Å². The van der Waals surface area contributed by atoms with Gasteiger partial charge in [0.2, 0.25) is 6.79 Å². The van der Waals surface area contributed by atoms with Gasteiger partial charge in [-0.25, -0.2) is 4.79 Å². The van der Waals surface area contributed by atoms with Crippen LogP contribution in [-0.2, 0) is 9.53 Å². The van der Waals surface area contributed by atoms with E-state index in [1.54, 1.807) is 36.4 Å². The fraction of sp³-hybridized carbons (Fsp3) is 0.263. The van der Waals surface area contributed by atoms with Crippen molar-refractivity contribution in [1.82, 2.24) is 0 Å². The summed E-state index contributed by atoms with van der Waals surface area (Å²) in [6.45, 7) is 1.65. The second kappa shape index (κ2) is 8.22. The van der Waals surface area contributed by atoms with Gasteiger partial charge in [0, 0.05) is 16.6 Å². The first-order chi connectivity index (χ1) is 13.0. The van der Waals surface area contributed by atoms with E-state index < -0.39 is 18.0 Å². The fourth-order valence-corrected chi connectivity index (χ4v) is 2.89. The lowest BCUT2D eigenvalue weighted by molar-refractivity contribution is -0.123. The van der Waals surface area contributed by atoms with Crippen molar-refractivity contribution in [3.05, 3.63) is 42.0 Å². The molecule has 0 fully saturated rings. The number of carbonyl (C=O) groups excluding carboxylic acids is 2. The van der Waals surface area contributed by atoms with Gasteiger partial charge in [-0.1, -0.05) is 0 Å². The fourth-order valence-electron chi connectivity index (χ4n) is 2.46. The van der Waals surface area contributed by atoms with E-state index in [9.17, 15) is 9.59 Å². The average molecular weight is 389 g/mol. The molecule has 1 heterocycles. The zero-order valence-electron chi connectivity index (χ0n) is 15.1. The zero-order chi connectivity index (χ0) is 19.4. The number of carbonyl (C=O) groups is 2. The summed E-state index contributed by atoms with van der Waals surface area (Å²) in [5.41, 5.74) is 0.784. The summed E-state index contributed by atoms with van der Waals surface area (Å²) in [4.78, 5) is 25.7. The number of nitrogens with one attached hydrogen (secondary N) is 1. The van der Waals surface area contributed by atoms with Crippen molar-refractivity contribution < 1.29 is 28.5 Å². The Morgan fingerprint density at radius 2 is 1.93 bits per heavy atom. The molecule has 0 bridgehead atoms. The topological polar surface area (TPSA) is 83.1 Å². The molecule has 3 rings (SSSR count). The molecular formula is C19H19NO6S. The van der Waals surface area contributed by atoms with Crippen molar-refractivity contribution in [2.75, 3.05) is 25.5 Å². The van der Waals surface area contributed by atoms with Crippen LogP contribution in [0.1, 0.15) is 17.3 Å². The molecule has 1 aliphatic heterocycles. The van der Waals surface area contributed by atoms with E-state index in [-0.39, 0.29) is 12.4 Å². The number of hydrogen-bond acceptors (Lipinski definition) is 7. The number of ether oxygens (including phenoxy) is 4. The minimum absolute atomic E-state index is 0.151. The molecule has 8 heteroatoms. The Kier molecular flexibility index (Phi) is 5.75. The predicted molar refractivity (Wildman–Crippen MR) is 101 cm³/mol. The summed E-state index contributed by atoms with van der Waals surface area (Å²) in [6.07, 6.45) is 0.933. The molecule has 7 nitrogen and oxygen atoms in total. The predicted octanol–water partition coefficient (Wildman–Crippen LogP) is 3.33. The second-order valence-electron chi connectivity index (χ2n) is 5.67. The number of methoxy groups -OCH3 is 1. The first kappa shape index (κ1) is 18.9. The van der Waals surface area contributed by atoms with Crippen LogP contribution in [0.5, 0.6) is 17.2 Å². The third kappa shape index (κ3) is 4.28. The third-order valence-corrected chi connectivity index (χ3v) is 4.65. The Morgan fingerprint density at radius 1 is 1.15 bits per heavy atom. The van der Waals surface area contributed by atoms with E-state index in [1.807, 2.05) is 6.26 Å². The monoisotopic (exact) mass is 389 g/mol. The highest BCUT2D eigenvalue weighted by atomic mass is 32.2. The van der Waals surface area contributed by atoms with E-state index in [0.717, 1.165) is 4.90 Å². The minimum Gasteiger partial charge on any atom is -0.496 e. The zero-order valence-corrected chi connectivity index (χ0v) is 15.9. The first-order valence-corrected chi connectivity index (χ1v) is 9.38. The van der Waals surface area contributed by atoms with Crippen LogP contribution < -0.4 is 19.5 Å². The number of amides is 1. The highest BCUT2D eigenvalue weighted by Crippen LogP contribution is 2.34. The summed E-state index contributed by atoms with van der Waals surface area (Å²) in [5, 5.41) is 2.69. The molecule has 142 valence electrons. The minimum atomic E-state index is -0.993. The highest BCUT2D eigenvalue weighted by Gasteiger charge is 2.22. The van der Waals surface area contributed by atoms with E-state index in [2.05, 4.69) is 5.32 Å². The quantitative estimate of drug-likeness (QED) is 0.599. The Bertz CT molecular complexity index is 869. The van der Waals surface area contributed by atoms with E-state index in [1.165, 1.54) is 25.8 Å². The molecule has 1 amide bonds. The molecule has 1 atom stereocenters. The maximum atomic E-state index is 12.4. The van der Waals surface area contributed by atoms with Crippen LogP contribution in [0.4, 0.5) is 5.69 Å². The van der Waals surface area contributed by atoms with Gasteiger partial charge in [-0.3, -0.25) is 4.79 Å². The summed E-state index contributed by atoms with van der Waals surface area (Å²) >= 11 is 1.53. The van der Waals surface area contributed by atoms with Crippen LogP contribution in [0.15, 0.2) is 41.3 Å². The van der Waals surface area contributed by atoms with Crippen LogP contribution in [0.3, 0.4) is 0 Å². The summed E-state index contributed by atoms with van der Waals surface area (Å²) < 4.78 is 21.0. The molecule has 0 radical (unpaired) electrons. The van der Waals surface area contributed by atoms with Crippen LogP contribution >= 0.6 is 11.8 Å². The molecule has 0 spiro atoms. The van der Waals surface area contributed by atoms with Crippen molar-refractivity contribution in [2.45, 2.75) is 17.9 Å². The molecule has 0 aliphatic carbocycles. The van der Waals surface area contributed by atoms with Crippen LogP contribution in [0, 0.1) is 0 Å². The Hall–Kier alpha value is -2.87. The Balaban J connectivity index is 1.65. The third-order valence-electron chi connectivity index (χ3n) is 3.92. The number of anilines is 1. The van der Waals surface area contributed by atoms with E-state index >= 15 is 0 Å². The van der Waals surface area contributed by atoms with Crippen molar-refractivity contribution in [3.8, 4) is 17.2 Å². The maximum absolute atomic E-state index is 12.4. The molecule has 2 aromatic carbocycles. The molecule has 2 aromatic rings. The summed E-state index contributed by atoms with van der Waals surface area (Å²) in [7, 11) is 1.48. The number of benzene rings is 2. The van der Waals surface area contributed by atoms with Crippen LogP contribution in [0.25, 0.3) is 0 Å². The lowest BCUT2D eigenvalue weighted by Crippen LogP contribution is -2.30. The number of thioether (sulfide) groups is 1. The number of hydrogen-bond donors (Lipinski definition) is 1. The highest BCUT2D eigenvalue weighted by molar-refractivity contribution is 7.98. The SMILES string of the molecule is COc1cc(SC)ccc1C(=O)OC(C)C(=O)Nc1ccc2c(c1)OCO2. The van der Waals surface area contributed by atoms with Gasteiger partial charge in [-0.15, -0.1) is 11.8 Å². The molecule has 1 N–H and O–H groups in total. The lowest BCUT2D eigenvalue weighted by Gasteiger charge is -2.15. The van der Waals surface area contributed by atoms with Gasteiger partial charge in [-0.05, 0) is 43.5 Å². The molecule has 1 aliphatic rings.